The van der Waals surface area contributed by atoms with E-state index in [9.17, 15) is 0 Å². The number of hydrogen-bond donors (Lipinski definition) is 2. The van der Waals surface area contributed by atoms with Gasteiger partial charge in [-0.05, 0) is 37.7 Å². The van der Waals surface area contributed by atoms with Crippen molar-refractivity contribution in [1.82, 2.24) is 10.6 Å². The Labute approximate surface area is 169 Å². The summed E-state index contributed by atoms with van der Waals surface area (Å²) in [5.41, 5.74) is 1.51. The molecule has 1 aromatic carbocycles. The highest BCUT2D eigenvalue weighted by atomic mass is 127. The molecule has 0 radical (unpaired) electrons. The largest absolute Gasteiger partial charge is 0.494 e. The molecular formula is C19H32IN3O2. The normalized spacial score (nSPS) is 15.7. The molecule has 5 nitrogen and oxygen atoms in total. The molecule has 142 valence electrons. The van der Waals surface area contributed by atoms with Gasteiger partial charge in [0.15, 0.2) is 5.96 Å². The van der Waals surface area contributed by atoms with E-state index in [2.05, 4.69) is 21.7 Å². The number of hydrogen-bond acceptors (Lipinski definition) is 3. The van der Waals surface area contributed by atoms with Crippen molar-refractivity contribution in [2.45, 2.75) is 39.2 Å². The summed E-state index contributed by atoms with van der Waals surface area (Å²) in [6.07, 6.45) is 4.97. The molecule has 0 unspecified atom stereocenters. The number of benzene rings is 1. The molecule has 0 amide bonds. The molecule has 1 saturated carbocycles. The van der Waals surface area contributed by atoms with Gasteiger partial charge in [-0.1, -0.05) is 24.6 Å². The summed E-state index contributed by atoms with van der Waals surface area (Å²) in [4.78, 5) is 4.34. The molecule has 6 heteroatoms. The van der Waals surface area contributed by atoms with Crippen molar-refractivity contribution in [2.75, 3.05) is 33.9 Å². The van der Waals surface area contributed by atoms with Crippen molar-refractivity contribution in [1.29, 1.82) is 0 Å². The van der Waals surface area contributed by atoms with Gasteiger partial charge in [0.05, 0.1) is 6.61 Å². The Morgan fingerprint density at radius 2 is 2.00 bits per heavy atom. The minimum atomic E-state index is 0. The van der Waals surface area contributed by atoms with Crippen LogP contribution in [0.5, 0.6) is 5.75 Å². The maximum atomic E-state index is 5.67. The summed E-state index contributed by atoms with van der Waals surface area (Å²) in [5, 5.41) is 6.87. The Hall–Kier alpha value is -1.02. The van der Waals surface area contributed by atoms with Crippen LogP contribution < -0.4 is 15.4 Å². The van der Waals surface area contributed by atoms with Gasteiger partial charge in [0.1, 0.15) is 5.75 Å². The average molecular weight is 461 g/mol. The lowest BCUT2D eigenvalue weighted by atomic mass is 9.67. The maximum absolute atomic E-state index is 5.67. The van der Waals surface area contributed by atoms with Gasteiger partial charge in [0.25, 0.3) is 0 Å². The number of nitrogens with one attached hydrogen (secondary N) is 2. The third-order valence-electron chi connectivity index (χ3n) is 4.82. The van der Waals surface area contributed by atoms with Gasteiger partial charge in [-0.25, -0.2) is 0 Å². The first-order valence-corrected chi connectivity index (χ1v) is 8.87. The molecule has 0 atom stereocenters. The van der Waals surface area contributed by atoms with Crippen LogP contribution in [0, 0.1) is 5.41 Å². The van der Waals surface area contributed by atoms with Crippen LogP contribution >= 0.6 is 24.0 Å². The summed E-state index contributed by atoms with van der Waals surface area (Å²) in [7, 11) is 3.59. The van der Waals surface area contributed by atoms with E-state index in [4.69, 9.17) is 9.47 Å². The number of methoxy groups -OCH3 is 1. The van der Waals surface area contributed by atoms with Crippen LogP contribution in [0.25, 0.3) is 0 Å². The van der Waals surface area contributed by atoms with Gasteiger partial charge < -0.3 is 20.1 Å². The van der Waals surface area contributed by atoms with E-state index in [0.29, 0.717) is 18.6 Å². The summed E-state index contributed by atoms with van der Waals surface area (Å²) in [6, 6.07) is 8.11. The number of nitrogens with zero attached hydrogens (tertiary/aromatic N) is 1. The van der Waals surface area contributed by atoms with E-state index < -0.39 is 0 Å². The number of ether oxygens (including phenoxy) is 2. The number of rotatable bonds is 9. The number of halogens is 1. The molecule has 0 heterocycles. The first kappa shape index (κ1) is 22.0. The monoisotopic (exact) mass is 461 g/mol. The first-order valence-electron chi connectivity index (χ1n) is 8.87. The molecule has 1 aromatic rings. The van der Waals surface area contributed by atoms with Gasteiger partial charge in [-0.3, -0.25) is 4.99 Å². The highest BCUT2D eigenvalue weighted by Crippen LogP contribution is 2.43. The molecular weight excluding hydrogens is 429 g/mol. The summed E-state index contributed by atoms with van der Waals surface area (Å²) < 4.78 is 10.9. The van der Waals surface area contributed by atoms with Crippen LogP contribution in [0.3, 0.4) is 0 Å². The molecule has 0 aromatic heterocycles. The molecule has 1 fully saturated rings. The topological polar surface area (TPSA) is 54.9 Å². The fourth-order valence-corrected chi connectivity index (χ4v) is 3.13. The number of guanidine groups is 1. The minimum absolute atomic E-state index is 0. The first-order chi connectivity index (χ1) is 11.7. The van der Waals surface area contributed by atoms with Crippen LogP contribution in [-0.2, 0) is 11.3 Å². The van der Waals surface area contributed by atoms with Crippen molar-refractivity contribution < 1.29 is 9.47 Å². The third-order valence-corrected chi connectivity index (χ3v) is 4.82. The van der Waals surface area contributed by atoms with Gasteiger partial charge in [0, 0.05) is 39.4 Å². The Balaban J connectivity index is 0.00000312. The molecule has 1 aliphatic carbocycles. The Bertz CT molecular complexity index is 533. The quantitative estimate of drug-likeness (QED) is 0.336. The lowest BCUT2D eigenvalue weighted by molar-refractivity contribution is 0.0732. The summed E-state index contributed by atoms with van der Waals surface area (Å²) in [5.74, 6) is 1.77. The zero-order valence-corrected chi connectivity index (χ0v) is 18.0. The minimum Gasteiger partial charge on any atom is -0.494 e. The Kier molecular flexibility index (Phi) is 10.2. The lowest BCUT2D eigenvalue weighted by Gasteiger charge is -2.42. The maximum Gasteiger partial charge on any atom is 0.191 e. The highest BCUT2D eigenvalue weighted by molar-refractivity contribution is 14.0. The van der Waals surface area contributed by atoms with Crippen molar-refractivity contribution >= 4 is 29.9 Å². The lowest BCUT2D eigenvalue weighted by Crippen LogP contribution is -2.46. The van der Waals surface area contributed by atoms with Gasteiger partial charge in [-0.15, -0.1) is 24.0 Å². The highest BCUT2D eigenvalue weighted by Gasteiger charge is 2.36. The van der Waals surface area contributed by atoms with Crippen LogP contribution in [0.4, 0.5) is 0 Å². The second-order valence-corrected chi connectivity index (χ2v) is 6.42. The molecule has 0 spiro atoms. The Morgan fingerprint density at radius 1 is 1.24 bits per heavy atom. The van der Waals surface area contributed by atoms with E-state index in [1.54, 1.807) is 7.11 Å². The predicted molar refractivity (Wildman–Crippen MR) is 114 cm³/mol. The van der Waals surface area contributed by atoms with E-state index >= 15 is 0 Å². The van der Waals surface area contributed by atoms with Crippen molar-refractivity contribution in [2.24, 2.45) is 10.4 Å². The van der Waals surface area contributed by atoms with Crippen LogP contribution in [0.2, 0.25) is 0 Å². The van der Waals surface area contributed by atoms with Crippen LogP contribution in [0.15, 0.2) is 29.3 Å². The second-order valence-electron chi connectivity index (χ2n) is 6.42. The fourth-order valence-electron chi connectivity index (χ4n) is 3.13. The second kappa shape index (κ2) is 11.6. The fraction of sp³-hybridized carbons (Fsp3) is 0.632. The van der Waals surface area contributed by atoms with Crippen molar-refractivity contribution in [3.63, 3.8) is 0 Å². The summed E-state index contributed by atoms with van der Waals surface area (Å²) in [6.45, 7) is 5.15. The van der Waals surface area contributed by atoms with Gasteiger partial charge in [0.2, 0.25) is 0 Å². The molecule has 0 saturated heterocycles. The predicted octanol–water partition coefficient (Wildman–Crippen LogP) is 3.58. The molecule has 2 rings (SSSR count). The van der Waals surface area contributed by atoms with E-state index in [-0.39, 0.29) is 24.0 Å². The summed E-state index contributed by atoms with van der Waals surface area (Å²) >= 11 is 0. The average Bonchev–Trinajstić information content (AvgIpc) is 2.57. The molecule has 1 aliphatic rings. The molecule has 0 bridgehead atoms. The SMILES string of the molecule is CCOc1ccccc1CNC(=NC)NCC1(CCOC)CCC1.I. The standard InChI is InChI=1S/C19H31N3O2.HI/c1-4-24-17-9-6-5-8-16(17)14-21-18(20-2)22-15-19(10-7-11-19)12-13-23-3;/h5-6,8-9H,4,7,10-15H2,1-3H3,(H2,20,21,22);1H. The zero-order chi connectivity index (χ0) is 17.3. The Morgan fingerprint density at radius 3 is 2.60 bits per heavy atom. The van der Waals surface area contributed by atoms with Crippen molar-refractivity contribution in [3.05, 3.63) is 29.8 Å². The van der Waals surface area contributed by atoms with E-state index in [0.717, 1.165) is 36.8 Å². The van der Waals surface area contributed by atoms with Crippen LogP contribution in [-0.4, -0.2) is 39.9 Å². The van der Waals surface area contributed by atoms with Crippen molar-refractivity contribution in [3.8, 4) is 5.75 Å². The van der Waals surface area contributed by atoms with E-state index in [1.165, 1.54) is 19.3 Å². The molecule has 25 heavy (non-hydrogen) atoms. The van der Waals surface area contributed by atoms with Crippen LogP contribution in [0.1, 0.15) is 38.2 Å². The zero-order valence-electron chi connectivity index (χ0n) is 15.6. The van der Waals surface area contributed by atoms with Gasteiger partial charge in [-0.2, -0.15) is 0 Å². The third kappa shape index (κ3) is 6.66. The van der Waals surface area contributed by atoms with Gasteiger partial charge >= 0.3 is 0 Å². The number of aliphatic imine (C=N–C) groups is 1. The molecule has 2 N–H and O–H groups in total. The number of para-hydroxylation sites is 1. The van der Waals surface area contributed by atoms with E-state index in [1.807, 2.05) is 32.2 Å². The molecule has 0 aliphatic heterocycles. The smallest absolute Gasteiger partial charge is 0.191 e.